The Morgan fingerprint density at radius 3 is 1.84 bits per heavy atom. The van der Waals surface area contributed by atoms with E-state index in [1.807, 2.05) is 0 Å². The van der Waals surface area contributed by atoms with Gasteiger partial charge in [0.25, 0.3) is 0 Å². The van der Waals surface area contributed by atoms with E-state index in [1.165, 1.54) is 44.1 Å². The van der Waals surface area contributed by atoms with Crippen molar-refractivity contribution >= 4 is 44.3 Å². The Hall–Kier alpha value is -6.64. The molecule has 0 atom stereocenters. The van der Waals surface area contributed by atoms with Crippen molar-refractivity contribution in [3.8, 4) is 27.9 Å². The fraction of sp³-hybridized carbons (Fsp3) is 0. The minimum Gasteiger partial charge on any atom is -0.317 e. The minimum atomic E-state index is 0.974. The van der Waals surface area contributed by atoms with Crippen molar-refractivity contribution in [3.63, 3.8) is 0 Å². The zero-order chi connectivity index (χ0) is 33.4. The summed E-state index contributed by atoms with van der Waals surface area (Å²) in [5.41, 5.74) is 14.8. The second-order valence-corrected chi connectivity index (χ2v) is 12.7. The van der Waals surface area contributed by atoms with Gasteiger partial charge in [-0.3, -0.25) is 0 Å². The third-order valence-corrected chi connectivity index (χ3v) is 9.71. The fourth-order valence-electron chi connectivity index (χ4n) is 7.24. The van der Waals surface area contributed by atoms with Crippen LogP contribution in [-0.2, 0) is 0 Å². The molecule has 0 unspecified atom stereocenters. The zero-order valence-corrected chi connectivity index (χ0v) is 27.6. The molecule has 236 valence electrons. The first-order valence-electron chi connectivity index (χ1n) is 17.0. The molecule has 0 aliphatic carbocycles. The van der Waals surface area contributed by atoms with Gasteiger partial charge >= 0.3 is 0 Å². The van der Waals surface area contributed by atoms with Crippen molar-refractivity contribution in [1.82, 2.24) is 4.57 Å². The van der Waals surface area contributed by atoms with Crippen LogP contribution in [0.4, 0.5) is 11.4 Å². The maximum absolute atomic E-state index is 4.57. The van der Waals surface area contributed by atoms with E-state index < -0.39 is 0 Å². The predicted octanol–water partition coefficient (Wildman–Crippen LogP) is 12.9. The van der Waals surface area contributed by atoms with Crippen molar-refractivity contribution in [1.29, 1.82) is 0 Å². The maximum atomic E-state index is 4.57. The molecule has 1 aliphatic rings. The van der Waals surface area contributed by atoms with Gasteiger partial charge < -0.3 is 9.47 Å². The first-order chi connectivity index (χ1) is 24.7. The summed E-state index contributed by atoms with van der Waals surface area (Å²) in [6.45, 7) is 4.57. The SMILES string of the molecule is C=C1/C=C(c2ccc3c4ccccc4n(-c4cccc(-c5ccccc5)c4)c3c2)\C=C/N(c2ccc(-c3ccccc3)cc2)c2ccccc21. The van der Waals surface area contributed by atoms with Crippen molar-refractivity contribution in [2.24, 2.45) is 0 Å². The number of allylic oxidation sites excluding steroid dienone is 4. The molecule has 0 amide bonds. The summed E-state index contributed by atoms with van der Waals surface area (Å²) >= 11 is 0. The molecule has 8 aromatic rings. The van der Waals surface area contributed by atoms with Gasteiger partial charge in [-0.1, -0.05) is 140 Å². The Morgan fingerprint density at radius 2 is 1.04 bits per heavy atom. The Morgan fingerprint density at radius 1 is 0.420 bits per heavy atom. The van der Waals surface area contributed by atoms with E-state index in [0.29, 0.717) is 0 Å². The van der Waals surface area contributed by atoms with E-state index in [1.54, 1.807) is 0 Å². The van der Waals surface area contributed by atoms with Crippen molar-refractivity contribution in [2.75, 3.05) is 4.90 Å². The first kappa shape index (κ1) is 29.5. The third kappa shape index (κ3) is 5.24. The molecule has 0 radical (unpaired) electrons. The number of rotatable bonds is 5. The van der Waals surface area contributed by atoms with Gasteiger partial charge in [-0.05, 0) is 93.6 Å². The quantitative estimate of drug-likeness (QED) is 0.182. The summed E-state index contributed by atoms with van der Waals surface area (Å²) < 4.78 is 2.40. The summed E-state index contributed by atoms with van der Waals surface area (Å²) in [4.78, 5) is 2.27. The molecule has 50 heavy (non-hydrogen) atoms. The highest BCUT2D eigenvalue weighted by Crippen LogP contribution is 2.39. The van der Waals surface area contributed by atoms with Crippen LogP contribution in [0.15, 0.2) is 201 Å². The van der Waals surface area contributed by atoms with Gasteiger partial charge in [-0.15, -0.1) is 0 Å². The number of anilines is 2. The number of hydrogen-bond donors (Lipinski definition) is 0. The number of para-hydroxylation sites is 2. The molecular weight excluding hydrogens is 605 g/mol. The van der Waals surface area contributed by atoms with Crippen molar-refractivity contribution < 1.29 is 0 Å². The van der Waals surface area contributed by atoms with Crippen LogP contribution in [0, 0.1) is 0 Å². The highest BCUT2D eigenvalue weighted by molar-refractivity contribution is 6.10. The van der Waals surface area contributed by atoms with Gasteiger partial charge in [-0.25, -0.2) is 0 Å². The molecule has 0 saturated carbocycles. The predicted molar refractivity (Wildman–Crippen MR) is 213 cm³/mol. The molecule has 7 aromatic carbocycles. The standard InChI is InChI=1S/C48H34N2/c1-34-31-40(29-30-49(46-21-10-8-19-43(34)46)41-26-23-37(24-27-41)35-13-4-2-5-14-35)39-25-28-45-44-20-9-11-22-47(44)50(48(45)33-39)42-18-12-17-38(32-42)36-15-6-3-7-16-36/h2-33H,1H2/b30-29-,40-31+. The molecule has 9 rings (SSSR count). The van der Waals surface area contributed by atoms with Gasteiger partial charge in [0, 0.05) is 33.9 Å². The van der Waals surface area contributed by atoms with Crippen LogP contribution in [0.25, 0.3) is 60.9 Å². The van der Waals surface area contributed by atoms with E-state index in [4.69, 9.17) is 0 Å². The first-order valence-corrected chi connectivity index (χ1v) is 17.0. The van der Waals surface area contributed by atoms with Crippen LogP contribution in [0.1, 0.15) is 11.1 Å². The number of hydrogen-bond acceptors (Lipinski definition) is 1. The molecule has 2 nitrogen and oxygen atoms in total. The minimum absolute atomic E-state index is 0.974. The summed E-state index contributed by atoms with van der Waals surface area (Å²) in [6.07, 6.45) is 6.63. The average molecular weight is 639 g/mol. The van der Waals surface area contributed by atoms with Gasteiger partial charge in [0.15, 0.2) is 0 Å². The number of benzene rings is 7. The zero-order valence-electron chi connectivity index (χ0n) is 27.6. The van der Waals surface area contributed by atoms with Gasteiger partial charge in [0.2, 0.25) is 0 Å². The lowest BCUT2D eigenvalue weighted by Crippen LogP contribution is -2.11. The Kier molecular flexibility index (Phi) is 7.33. The largest absolute Gasteiger partial charge is 0.317 e. The van der Waals surface area contributed by atoms with Crippen molar-refractivity contribution in [3.05, 3.63) is 212 Å². The van der Waals surface area contributed by atoms with E-state index in [0.717, 1.165) is 39.3 Å². The second kappa shape index (κ2) is 12.4. The lowest BCUT2D eigenvalue weighted by atomic mass is 9.95. The summed E-state index contributed by atoms with van der Waals surface area (Å²) in [5, 5.41) is 2.47. The highest BCUT2D eigenvalue weighted by atomic mass is 15.1. The van der Waals surface area contributed by atoms with E-state index in [9.17, 15) is 0 Å². The number of nitrogens with zero attached hydrogens (tertiary/aromatic N) is 2. The normalized spacial score (nSPS) is 14.5. The van der Waals surface area contributed by atoms with Crippen LogP contribution in [0.5, 0.6) is 0 Å². The summed E-state index contributed by atoms with van der Waals surface area (Å²) in [5.74, 6) is 0. The lowest BCUT2D eigenvalue weighted by Gasteiger charge is -2.26. The van der Waals surface area contributed by atoms with Crippen LogP contribution in [-0.4, -0.2) is 4.57 Å². The van der Waals surface area contributed by atoms with Crippen LogP contribution < -0.4 is 4.90 Å². The Labute approximate surface area is 292 Å². The number of aromatic nitrogens is 1. The molecule has 1 aliphatic heterocycles. The van der Waals surface area contributed by atoms with E-state index >= 15 is 0 Å². The Bertz CT molecular complexity index is 2590. The molecule has 1 aromatic heterocycles. The second-order valence-electron chi connectivity index (χ2n) is 12.7. The summed E-state index contributed by atoms with van der Waals surface area (Å²) in [7, 11) is 0. The lowest BCUT2D eigenvalue weighted by molar-refractivity contribution is 1.18. The third-order valence-electron chi connectivity index (χ3n) is 9.71. The number of fused-ring (bicyclic) bond motifs is 4. The molecule has 2 heterocycles. The summed E-state index contributed by atoms with van der Waals surface area (Å²) in [6, 6.07) is 62.8. The maximum Gasteiger partial charge on any atom is 0.0547 e. The molecule has 0 N–H and O–H groups in total. The average Bonchev–Trinajstić information content (AvgIpc) is 3.51. The van der Waals surface area contributed by atoms with Gasteiger partial charge in [0.05, 0.1) is 16.7 Å². The topological polar surface area (TPSA) is 8.17 Å². The molecular formula is C48H34N2. The van der Waals surface area contributed by atoms with Crippen LogP contribution in [0.2, 0.25) is 0 Å². The molecule has 0 bridgehead atoms. The Balaban J connectivity index is 1.17. The molecule has 0 saturated heterocycles. The molecule has 2 heteroatoms. The van der Waals surface area contributed by atoms with Crippen LogP contribution in [0.3, 0.4) is 0 Å². The monoisotopic (exact) mass is 638 g/mol. The smallest absolute Gasteiger partial charge is 0.0547 e. The molecule has 0 fully saturated rings. The van der Waals surface area contributed by atoms with Crippen LogP contribution >= 0.6 is 0 Å². The van der Waals surface area contributed by atoms with Crippen molar-refractivity contribution in [2.45, 2.75) is 0 Å². The fourth-order valence-corrected chi connectivity index (χ4v) is 7.24. The van der Waals surface area contributed by atoms with E-state index in [2.05, 4.69) is 210 Å². The van der Waals surface area contributed by atoms with Gasteiger partial charge in [-0.2, -0.15) is 0 Å². The highest BCUT2D eigenvalue weighted by Gasteiger charge is 2.18. The van der Waals surface area contributed by atoms with E-state index in [-0.39, 0.29) is 0 Å². The van der Waals surface area contributed by atoms with Gasteiger partial charge in [0.1, 0.15) is 0 Å². The molecule has 0 spiro atoms.